The van der Waals surface area contributed by atoms with Gasteiger partial charge in [-0.3, -0.25) is 0 Å². The summed E-state index contributed by atoms with van der Waals surface area (Å²) >= 11 is 0. The molecule has 0 heteroatoms. The van der Waals surface area contributed by atoms with Crippen LogP contribution in [0.3, 0.4) is 0 Å². The lowest BCUT2D eigenvalue weighted by atomic mass is 9.98. The third-order valence-electron chi connectivity index (χ3n) is 3.05. The van der Waals surface area contributed by atoms with Gasteiger partial charge in [-0.2, -0.15) is 0 Å². The zero-order valence-corrected chi connectivity index (χ0v) is 12.2. The SMILES string of the molecule is C\C=C/C=C/C=C\C1=C\C(C)/C(C)=C\C=C/CC=C1. The quantitative estimate of drug-likeness (QED) is 0.565. The minimum Gasteiger partial charge on any atom is -0.0877 e. The van der Waals surface area contributed by atoms with E-state index >= 15 is 0 Å². The number of allylic oxidation sites excluding steroid dienone is 14. The standard InChI is InChI=1S/C19H24/c1-4-5-6-7-11-14-19-15-12-9-8-10-13-17(2)18(3)16-19/h4-8,10-16,18H,9H2,1-3H3/b5-4-,7-6+,10-8-,14-11-,15-12?,17-13-,19-16-. The van der Waals surface area contributed by atoms with Crippen molar-refractivity contribution in [3.8, 4) is 0 Å². The van der Waals surface area contributed by atoms with E-state index in [9.17, 15) is 0 Å². The molecule has 0 fully saturated rings. The Labute approximate surface area is 117 Å². The normalized spacial score (nSPS) is 28.5. The summed E-state index contributed by atoms with van der Waals surface area (Å²) < 4.78 is 0. The summed E-state index contributed by atoms with van der Waals surface area (Å²) in [6.07, 6.45) is 26.6. The second-order valence-corrected chi connectivity index (χ2v) is 4.70. The van der Waals surface area contributed by atoms with Crippen molar-refractivity contribution < 1.29 is 0 Å². The zero-order valence-electron chi connectivity index (χ0n) is 12.2. The third kappa shape index (κ3) is 6.61. The first kappa shape index (κ1) is 15.2. The molecule has 0 spiro atoms. The highest BCUT2D eigenvalue weighted by molar-refractivity contribution is 5.36. The largest absolute Gasteiger partial charge is 0.0877 e. The van der Waals surface area contributed by atoms with Gasteiger partial charge in [0, 0.05) is 0 Å². The average Bonchev–Trinajstić information content (AvgIpc) is 2.41. The molecule has 0 bridgehead atoms. The first-order valence-corrected chi connectivity index (χ1v) is 6.91. The van der Waals surface area contributed by atoms with Gasteiger partial charge in [-0.25, -0.2) is 0 Å². The van der Waals surface area contributed by atoms with Crippen LogP contribution in [0.25, 0.3) is 0 Å². The van der Waals surface area contributed by atoms with Gasteiger partial charge in [-0.1, -0.05) is 85.4 Å². The molecule has 0 saturated carbocycles. The van der Waals surface area contributed by atoms with Crippen LogP contribution in [0.15, 0.2) is 84.1 Å². The van der Waals surface area contributed by atoms with E-state index in [1.165, 1.54) is 11.1 Å². The Hall–Kier alpha value is -1.82. The van der Waals surface area contributed by atoms with Gasteiger partial charge in [0.2, 0.25) is 0 Å². The van der Waals surface area contributed by atoms with E-state index in [-0.39, 0.29) is 0 Å². The second kappa shape index (κ2) is 9.16. The second-order valence-electron chi connectivity index (χ2n) is 4.70. The van der Waals surface area contributed by atoms with Crippen molar-refractivity contribution >= 4 is 0 Å². The van der Waals surface area contributed by atoms with Crippen LogP contribution >= 0.6 is 0 Å². The molecule has 0 aromatic rings. The molecule has 0 N–H and O–H groups in total. The van der Waals surface area contributed by atoms with Gasteiger partial charge < -0.3 is 0 Å². The van der Waals surface area contributed by atoms with Crippen molar-refractivity contribution in [2.45, 2.75) is 27.2 Å². The molecule has 1 unspecified atom stereocenters. The van der Waals surface area contributed by atoms with Gasteiger partial charge in [-0.05, 0) is 31.8 Å². The maximum Gasteiger partial charge on any atom is -0.00423 e. The van der Waals surface area contributed by atoms with Crippen molar-refractivity contribution in [3.05, 3.63) is 84.1 Å². The van der Waals surface area contributed by atoms with Crippen LogP contribution in [0, 0.1) is 5.92 Å². The van der Waals surface area contributed by atoms with Crippen molar-refractivity contribution in [1.29, 1.82) is 0 Å². The lowest BCUT2D eigenvalue weighted by Crippen LogP contribution is -1.93. The molecule has 0 aromatic heterocycles. The van der Waals surface area contributed by atoms with E-state index in [2.05, 4.69) is 68.5 Å². The molecule has 0 nitrogen and oxygen atoms in total. The van der Waals surface area contributed by atoms with E-state index < -0.39 is 0 Å². The van der Waals surface area contributed by atoms with Gasteiger partial charge in [0.25, 0.3) is 0 Å². The van der Waals surface area contributed by atoms with Crippen molar-refractivity contribution in [3.63, 3.8) is 0 Å². The van der Waals surface area contributed by atoms with Crippen LogP contribution in [0.5, 0.6) is 0 Å². The van der Waals surface area contributed by atoms with E-state index in [1.807, 2.05) is 25.2 Å². The molecule has 1 rings (SSSR count). The summed E-state index contributed by atoms with van der Waals surface area (Å²) in [6.45, 7) is 6.44. The molecule has 1 aliphatic carbocycles. The van der Waals surface area contributed by atoms with Gasteiger partial charge in [-0.15, -0.1) is 0 Å². The predicted molar refractivity (Wildman–Crippen MR) is 87.0 cm³/mol. The Morgan fingerprint density at radius 1 is 1.11 bits per heavy atom. The van der Waals surface area contributed by atoms with Crippen molar-refractivity contribution in [2.75, 3.05) is 0 Å². The van der Waals surface area contributed by atoms with Crippen molar-refractivity contribution in [2.24, 2.45) is 5.92 Å². The Bertz CT molecular complexity index is 462. The van der Waals surface area contributed by atoms with Crippen LogP contribution in [0.1, 0.15) is 27.2 Å². The molecular formula is C19H24. The predicted octanol–water partition coefficient (Wildman–Crippen LogP) is 5.70. The van der Waals surface area contributed by atoms with E-state index in [0.717, 1.165) is 6.42 Å². The highest BCUT2D eigenvalue weighted by Crippen LogP contribution is 2.16. The highest BCUT2D eigenvalue weighted by Gasteiger charge is 2.00. The lowest BCUT2D eigenvalue weighted by molar-refractivity contribution is 0.858. The maximum absolute atomic E-state index is 2.31. The number of hydrogen-bond donors (Lipinski definition) is 0. The van der Waals surface area contributed by atoms with Crippen LogP contribution in [-0.2, 0) is 0 Å². The molecule has 100 valence electrons. The average molecular weight is 252 g/mol. The Kier molecular flexibility index (Phi) is 7.34. The molecule has 0 amide bonds. The van der Waals surface area contributed by atoms with Crippen LogP contribution < -0.4 is 0 Å². The molecule has 0 radical (unpaired) electrons. The lowest BCUT2D eigenvalue weighted by Gasteiger charge is -2.08. The maximum atomic E-state index is 2.31. The van der Waals surface area contributed by atoms with Gasteiger partial charge in [0.05, 0.1) is 0 Å². The van der Waals surface area contributed by atoms with Gasteiger partial charge in [0.1, 0.15) is 0 Å². The fourth-order valence-corrected chi connectivity index (χ4v) is 1.73. The summed E-state index contributed by atoms with van der Waals surface area (Å²) in [5, 5.41) is 0. The molecule has 1 aliphatic rings. The first-order valence-electron chi connectivity index (χ1n) is 6.91. The summed E-state index contributed by atoms with van der Waals surface area (Å²) in [5.74, 6) is 0.464. The Balaban J connectivity index is 2.83. The summed E-state index contributed by atoms with van der Waals surface area (Å²) in [6, 6.07) is 0. The van der Waals surface area contributed by atoms with Crippen LogP contribution in [0.4, 0.5) is 0 Å². The number of rotatable bonds is 3. The fraction of sp³-hybridized carbons (Fsp3) is 0.263. The minimum atomic E-state index is 0.464. The Morgan fingerprint density at radius 3 is 2.68 bits per heavy atom. The van der Waals surface area contributed by atoms with Gasteiger partial charge in [0.15, 0.2) is 0 Å². The van der Waals surface area contributed by atoms with Crippen molar-refractivity contribution in [1.82, 2.24) is 0 Å². The summed E-state index contributed by atoms with van der Waals surface area (Å²) in [4.78, 5) is 0. The monoisotopic (exact) mass is 252 g/mol. The zero-order chi connectivity index (χ0) is 13.9. The van der Waals surface area contributed by atoms with E-state index in [0.29, 0.717) is 5.92 Å². The smallest absolute Gasteiger partial charge is 0.00423 e. The topological polar surface area (TPSA) is 0 Å². The molecule has 0 heterocycles. The highest BCUT2D eigenvalue weighted by atomic mass is 14.1. The molecule has 19 heavy (non-hydrogen) atoms. The third-order valence-corrected chi connectivity index (χ3v) is 3.05. The van der Waals surface area contributed by atoms with E-state index in [1.54, 1.807) is 0 Å². The summed E-state index contributed by atoms with van der Waals surface area (Å²) in [5.41, 5.74) is 2.66. The van der Waals surface area contributed by atoms with Gasteiger partial charge >= 0.3 is 0 Å². The van der Waals surface area contributed by atoms with E-state index in [4.69, 9.17) is 0 Å². The van der Waals surface area contributed by atoms with Crippen LogP contribution in [0.2, 0.25) is 0 Å². The van der Waals surface area contributed by atoms with Crippen LogP contribution in [-0.4, -0.2) is 0 Å². The molecule has 0 saturated heterocycles. The summed E-state index contributed by atoms with van der Waals surface area (Å²) in [7, 11) is 0. The fourth-order valence-electron chi connectivity index (χ4n) is 1.73. The first-order chi connectivity index (χ1) is 9.24. The molecule has 0 aromatic carbocycles. The number of hydrogen-bond acceptors (Lipinski definition) is 0. The Morgan fingerprint density at radius 2 is 1.89 bits per heavy atom. The minimum absolute atomic E-state index is 0.464. The molecular weight excluding hydrogens is 228 g/mol. The molecule has 0 aliphatic heterocycles. The molecule has 1 atom stereocenters.